The van der Waals surface area contributed by atoms with E-state index in [0.29, 0.717) is 0 Å². The number of para-hydroxylation sites is 5. The fourth-order valence-corrected chi connectivity index (χ4v) is 8.91. The van der Waals surface area contributed by atoms with Crippen LogP contribution in [0.3, 0.4) is 0 Å². The van der Waals surface area contributed by atoms with Crippen molar-refractivity contribution in [1.29, 1.82) is 0 Å². The summed E-state index contributed by atoms with van der Waals surface area (Å²) >= 11 is 0. The Hall–Kier alpha value is -7.30. The molecular weight excluding hydrogens is 657 g/mol. The first-order valence-corrected chi connectivity index (χ1v) is 18.4. The van der Waals surface area contributed by atoms with Crippen molar-refractivity contribution in [1.82, 2.24) is 19.1 Å². The number of hydrogen-bond acceptors (Lipinski definition) is 2. The maximum absolute atomic E-state index is 5.48. The van der Waals surface area contributed by atoms with Crippen molar-refractivity contribution in [3.63, 3.8) is 0 Å². The van der Waals surface area contributed by atoms with Crippen LogP contribution in [0.1, 0.15) is 0 Å². The molecule has 12 rings (SSSR count). The topological polar surface area (TPSA) is 35.6 Å². The van der Waals surface area contributed by atoms with Crippen LogP contribution in [0.4, 0.5) is 0 Å². The molecular formula is C50H30N4. The minimum Gasteiger partial charge on any atom is -0.309 e. The Morgan fingerprint density at radius 3 is 1.56 bits per heavy atom. The number of benzene rings is 9. The van der Waals surface area contributed by atoms with E-state index in [-0.39, 0.29) is 0 Å². The Bertz CT molecular complexity index is 3460. The summed E-state index contributed by atoms with van der Waals surface area (Å²) in [6, 6.07) is 65.4. The summed E-state index contributed by atoms with van der Waals surface area (Å²) in [7, 11) is 0. The molecule has 12 aromatic rings. The third-order valence-corrected chi connectivity index (χ3v) is 11.3. The molecule has 0 aliphatic rings. The molecule has 0 bridgehead atoms. The molecule has 9 aromatic carbocycles. The Labute approximate surface area is 309 Å². The van der Waals surface area contributed by atoms with Crippen LogP contribution in [-0.4, -0.2) is 19.1 Å². The average Bonchev–Trinajstić information content (AvgIpc) is 3.74. The zero-order valence-corrected chi connectivity index (χ0v) is 29.1. The summed E-state index contributed by atoms with van der Waals surface area (Å²) in [4.78, 5) is 10.9. The maximum atomic E-state index is 5.48. The second-order valence-corrected chi connectivity index (χ2v) is 14.2. The predicted molar refractivity (Wildman–Crippen MR) is 226 cm³/mol. The first-order chi connectivity index (χ1) is 26.8. The van der Waals surface area contributed by atoms with Crippen LogP contribution in [-0.2, 0) is 0 Å². The maximum Gasteiger partial charge on any atom is 0.165 e. The van der Waals surface area contributed by atoms with Gasteiger partial charge in [-0.25, -0.2) is 9.97 Å². The normalized spacial score (nSPS) is 12.1. The SMILES string of the molecule is c1cc(-n2c3ccccc3c3ccccc32)c2cc3c4ccccc4n(-c4nc5ccccc5nc4-c4cc5ccccc5c5ccccc45)c3cc2c1. The number of fused-ring (bicyclic) bond motifs is 11. The van der Waals surface area contributed by atoms with Crippen molar-refractivity contribution in [3.05, 3.63) is 182 Å². The summed E-state index contributed by atoms with van der Waals surface area (Å²) in [5.74, 6) is 0.818. The van der Waals surface area contributed by atoms with Crippen LogP contribution in [0.2, 0.25) is 0 Å². The predicted octanol–water partition coefficient (Wildman–Crippen LogP) is 13.0. The van der Waals surface area contributed by atoms with E-state index in [0.717, 1.165) is 55.6 Å². The second kappa shape index (κ2) is 11.1. The third-order valence-electron chi connectivity index (χ3n) is 11.3. The Morgan fingerprint density at radius 2 is 0.833 bits per heavy atom. The minimum absolute atomic E-state index is 0.818. The van der Waals surface area contributed by atoms with Crippen LogP contribution in [0.25, 0.3) is 110 Å². The van der Waals surface area contributed by atoms with Gasteiger partial charge in [-0.05, 0) is 81.5 Å². The quantitative estimate of drug-likeness (QED) is 0.173. The standard InChI is InChI=1S/C50H30N4/c1-2-16-33-31(14-1)28-41(35-18-4-3-17-34(33)35)49-50(52-43-23-9-8-22-42(43)51-49)54-46-26-12-7-21-38(46)40-30-39-32(29-48(40)54)15-13-27-47(39)53-44-24-10-5-19-36(44)37-20-6-11-25-45(37)53/h1-30H. The van der Waals surface area contributed by atoms with Gasteiger partial charge in [-0.2, -0.15) is 0 Å². The first-order valence-electron chi connectivity index (χ1n) is 18.4. The third kappa shape index (κ3) is 4.08. The zero-order valence-electron chi connectivity index (χ0n) is 29.1. The molecule has 0 atom stereocenters. The van der Waals surface area contributed by atoms with E-state index >= 15 is 0 Å². The van der Waals surface area contributed by atoms with Gasteiger partial charge >= 0.3 is 0 Å². The lowest BCUT2D eigenvalue weighted by Crippen LogP contribution is -2.04. The van der Waals surface area contributed by atoms with E-state index in [1.807, 2.05) is 12.1 Å². The van der Waals surface area contributed by atoms with E-state index < -0.39 is 0 Å². The molecule has 0 unspecified atom stereocenters. The molecule has 0 aliphatic carbocycles. The minimum atomic E-state index is 0.818. The Morgan fingerprint density at radius 1 is 0.315 bits per heavy atom. The van der Waals surface area contributed by atoms with Crippen molar-refractivity contribution in [2.24, 2.45) is 0 Å². The van der Waals surface area contributed by atoms with Gasteiger partial charge in [0.2, 0.25) is 0 Å². The first kappa shape index (κ1) is 29.3. The summed E-state index contributed by atoms with van der Waals surface area (Å²) in [6.07, 6.45) is 0. The summed E-state index contributed by atoms with van der Waals surface area (Å²) in [6.45, 7) is 0. The van der Waals surface area contributed by atoms with Gasteiger partial charge in [0.05, 0.1) is 38.8 Å². The number of rotatable bonds is 3. The number of aromatic nitrogens is 4. The number of hydrogen-bond donors (Lipinski definition) is 0. The molecule has 4 nitrogen and oxygen atoms in total. The molecule has 0 saturated heterocycles. The highest BCUT2D eigenvalue weighted by molar-refractivity contribution is 6.18. The van der Waals surface area contributed by atoms with Crippen LogP contribution >= 0.6 is 0 Å². The second-order valence-electron chi connectivity index (χ2n) is 14.2. The molecule has 0 saturated carbocycles. The van der Waals surface area contributed by atoms with Gasteiger partial charge in [-0.3, -0.25) is 4.57 Å². The molecule has 3 heterocycles. The number of nitrogens with zero attached hydrogens (tertiary/aromatic N) is 4. The van der Waals surface area contributed by atoms with Crippen molar-refractivity contribution in [2.75, 3.05) is 0 Å². The van der Waals surface area contributed by atoms with Gasteiger partial charge in [-0.1, -0.05) is 127 Å². The molecule has 3 aromatic heterocycles. The van der Waals surface area contributed by atoms with Gasteiger partial charge in [-0.15, -0.1) is 0 Å². The van der Waals surface area contributed by atoms with Crippen molar-refractivity contribution in [3.8, 4) is 22.8 Å². The van der Waals surface area contributed by atoms with E-state index in [2.05, 4.69) is 179 Å². The van der Waals surface area contributed by atoms with E-state index in [1.165, 1.54) is 54.1 Å². The van der Waals surface area contributed by atoms with Crippen LogP contribution in [0.15, 0.2) is 182 Å². The molecule has 54 heavy (non-hydrogen) atoms. The lowest BCUT2D eigenvalue weighted by molar-refractivity contribution is 1.08. The van der Waals surface area contributed by atoms with Crippen LogP contribution in [0, 0.1) is 0 Å². The molecule has 0 radical (unpaired) electrons. The van der Waals surface area contributed by atoms with E-state index in [1.54, 1.807) is 0 Å². The summed E-state index contributed by atoms with van der Waals surface area (Å²) in [5, 5.41) is 12.0. The smallest absolute Gasteiger partial charge is 0.165 e. The van der Waals surface area contributed by atoms with Crippen molar-refractivity contribution >= 4 is 87.0 Å². The lowest BCUT2D eigenvalue weighted by atomic mass is 9.95. The van der Waals surface area contributed by atoms with Crippen LogP contribution in [0.5, 0.6) is 0 Å². The highest BCUT2D eigenvalue weighted by atomic mass is 15.1. The molecule has 4 heteroatoms. The summed E-state index contributed by atoms with van der Waals surface area (Å²) < 4.78 is 4.77. The van der Waals surface area contributed by atoms with Crippen molar-refractivity contribution < 1.29 is 0 Å². The van der Waals surface area contributed by atoms with Gasteiger partial charge in [0.25, 0.3) is 0 Å². The van der Waals surface area contributed by atoms with E-state index in [4.69, 9.17) is 9.97 Å². The van der Waals surface area contributed by atoms with Crippen molar-refractivity contribution in [2.45, 2.75) is 0 Å². The van der Waals surface area contributed by atoms with E-state index in [9.17, 15) is 0 Å². The zero-order chi connectivity index (χ0) is 35.3. The van der Waals surface area contributed by atoms with Gasteiger partial charge in [0.1, 0.15) is 5.69 Å². The Balaban J connectivity index is 1.20. The molecule has 0 amide bonds. The molecule has 0 spiro atoms. The average molecular weight is 687 g/mol. The highest BCUT2D eigenvalue weighted by Crippen LogP contribution is 2.42. The lowest BCUT2D eigenvalue weighted by Gasteiger charge is -2.17. The fourth-order valence-electron chi connectivity index (χ4n) is 8.91. The molecule has 0 N–H and O–H groups in total. The fraction of sp³-hybridized carbons (Fsp3) is 0. The largest absolute Gasteiger partial charge is 0.309 e. The Kier molecular flexibility index (Phi) is 6.02. The summed E-state index contributed by atoms with van der Waals surface area (Å²) in [5.41, 5.74) is 9.42. The monoisotopic (exact) mass is 686 g/mol. The van der Waals surface area contributed by atoms with Gasteiger partial charge in [0.15, 0.2) is 5.82 Å². The van der Waals surface area contributed by atoms with Gasteiger partial charge < -0.3 is 4.57 Å². The molecule has 0 aliphatic heterocycles. The highest BCUT2D eigenvalue weighted by Gasteiger charge is 2.22. The van der Waals surface area contributed by atoms with Crippen LogP contribution < -0.4 is 0 Å². The molecule has 250 valence electrons. The molecule has 0 fully saturated rings. The van der Waals surface area contributed by atoms with Gasteiger partial charge in [0, 0.05) is 32.5 Å².